The molecule has 1 rings (SSSR count). The van der Waals surface area contributed by atoms with Crippen molar-refractivity contribution in [3.05, 3.63) is 47.0 Å². The van der Waals surface area contributed by atoms with Crippen LogP contribution in [0.15, 0.2) is 30.9 Å². The first-order chi connectivity index (χ1) is 5.76. The zero-order valence-corrected chi connectivity index (χ0v) is 7.34. The van der Waals surface area contributed by atoms with Crippen LogP contribution in [-0.4, -0.2) is 6.29 Å². The summed E-state index contributed by atoms with van der Waals surface area (Å²) in [6, 6.07) is 5.28. The lowest BCUT2D eigenvalue weighted by Crippen LogP contribution is -1.85. The van der Waals surface area contributed by atoms with Gasteiger partial charge in [-0.3, -0.25) is 4.79 Å². The number of allylic oxidation sites excluding steroid dienone is 1. The molecule has 12 heavy (non-hydrogen) atoms. The molecule has 0 aliphatic carbocycles. The largest absolute Gasteiger partial charge is 0.298 e. The zero-order chi connectivity index (χ0) is 8.97. The van der Waals surface area contributed by atoms with E-state index in [9.17, 15) is 4.79 Å². The van der Waals surface area contributed by atoms with E-state index in [0.29, 0.717) is 10.6 Å². The second-order valence-corrected chi connectivity index (χ2v) is 2.94. The maximum Gasteiger partial charge on any atom is 0.150 e. The number of hydrogen-bond acceptors (Lipinski definition) is 1. The molecule has 0 aliphatic heterocycles. The molecule has 0 saturated heterocycles. The maximum absolute atomic E-state index is 10.4. The second-order valence-electron chi connectivity index (χ2n) is 2.50. The van der Waals surface area contributed by atoms with Gasteiger partial charge in [-0.15, -0.1) is 6.58 Å². The maximum atomic E-state index is 10.4. The van der Waals surface area contributed by atoms with Gasteiger partial charge in [-0.05, 0) is 30.2 Å². The van der Waals surface area contributed by atoms with E-state index in [-0.39, 0.29) is 0 Å². The van der Waals surface area contributed by atoms with Crippen LogP contribution in [0.3, 0.4) is 0 Å². The number of benzene rings is 1. The number of hydrogen-bond donors (Lipinski definition) is 0. The Bertz CT molecular complexity index is 305. The third kappa shape index (κ3) is 2.21. The molecule has 0 aromatic heterocycles. The molecular formula is C10H9ClO. The molecule has 1 nitrogen and oxygen atoms in total. The second kappa shape index (κ2) is 4.07. The summed E-state index contributed by atoms with van der Waals surface area (Å²) in [6.07, 6.45) is 3.31. The summed E-state index contributed by atoms with van der Waals surface area (Å²) in [6.45, 7) is 3.61. The third-order valence-corrected chi connectivity index (χ3v) is 1.71. The fourth-order valence-electron chi connectivity index (χ4n) is 1.03. The average molecular weight is 181 g/mol. The van der Waals surface area contributed by atoms with Gasteiger partial charge >= 0.3 is 0 Å². The van der Waals surface area contributed by atoms with E-state index in [4.69, 9.17) is 11.6 Å². The minimum absolute atomic E-state index is 0.594. The molecule has 2 heteroatoms. The highest BCUT2D eigenvalue weighted by Gasteiger charge is 1.96. The fraction of sp³-hybridized carbons (Fsp3) is 0.100. The molecule has 0 unspecified atom stereocenters. The summed E-state index contributed by atoms with van der Waals surface area (Å²) in [4.78, 5) is 10.4. The van der Waals surface area contributed by atoms with Crippen molar-refractivity contribution in [2.75, 3.05) is 0 Å². The van der Waals surface area contributed by atoms with Crippen LogP contribution in [0.5, 0.6) is 0 Å². The number of rotatable bonds is 3. The summed E-state index contributed by atoms with van der Waals surface area (Å²) < 4.78 is 0. The molecule has 0 bridgehead atoms. The highest BCUT2D eigenvalue weighted by Crippen LogP contribution is 2.14. The molecule has 0 amide bonds. The van der Waals surface area contributed by atoms with Gasteiger partial charge in [-0.25, -0.2) is 0 Å². The van der Waals surface area contributed by atoms with Gasteiger partial charge in [0.1, 0.15) is 6.29 Å². The van der Waals surface area contributed by atoms with Crippen LogP contribution in [0.4, 0.5) is 0 Å². The summed E-state index contributed by atoms with van der Waals surface area (Å²) in [5.74, 6) is 0. The fourth-order valence-corrected chi connectivity index (χ4v) is 1.29. The molecule has 0 spiro atoms. The van der Waals surface area contributed by atoms with E-state index in [1.807, 2.05) is 6.07 Å². The van der Waals surface area contributed by atoms with Crippen LogP contribution >= 0.6 is 11.6 Å². The normalized spacial score (nSPS) is 9.42. The van der Waals surface area contributed by atoms with Gasteiger partial charge in [-0.2, -0.15) is 0 Å². The van der Waals surface area contributed by atoms with Gasteiger partial charge in [0.25, 0.3) is 0 Å². The average Bonchev–Trinajstić information content (AvgIpc) is 2.04. The number of halogens is 1. The van der Waals surface area contributed by atoms with E-state index >= 15 is 0 Å². The molecule has 0 N–H and O–H groups in total. The Labute approximate surface area is 76.7 Å². The number of carbonyl (C=O) groups is 1. The van der Waals surface area contributed by atoms with Gasteiger partial charge in [0.2, 0.25) is 0 Å². The van der Waals surface area contributed by atoms with Gasteiger partial charge in [-0.1, -0.05) is 17.7 Å². The lowest BCUT2D eigenvalue weighted by atomic mass is 10.1. The minimum Gasteiger partial charge on any atom is -0.298 e. The van der Waals surface area contributed by atoms with Crippen molar-refractivity contribution in [2.24, 2.45) is 0 Å². The number of carbonyl (C=O) groups excluding carboxylic acids is 1. The Balaban J connectivity index is 3.05. The summed E-state index contributed by atoms with van der Waals surface area (Å²) in [5.41, 5.74) is 1.62. The quantitative estimate of drug-likeness (QED) is 0.517. The van der Waals surface area contributed by atoms with Crippen molar-refractivity contribution < 1.29 is 4.79 Å². The molecule has 0 radical (unpaired) electrons. The van der Waals surface area contributed by atoms with E-state index in [1.54, 1.807) is 18.2 Å². The van der Waals surface area contributed by atoms with Crippen LogP contribution in [0.25, 0.3) is 0 Å². The predicted molar refractivity (Wildman–Crippen MR) is 50.7 cm³/mol. The van der Waals surface area contributed by atoms with Crippen LogP contribution in [0, 0.1) is 0 Å². The molecule has 1 aromatic carbocycles. The summed E-state index contributed by atoms with van der Waals surface area (Å²) >= 11 is 5.77. The smallest absolute Gasteiger partial charge is 0.150 e. The Kier molecular flexibility index (Phi) is 3.06. The molecule has 0 aliphatic rings. The van der Waals surface area contributed by atoms with E-state index in [1.165, 1.54) is 0 Å². The minimum atomic E-state index is 0.594. The molecule has 0 fully saturated rings. The van der Waals surface area contributed by atoms with Gasteiger partial charge < -0.3 is 0 Å². The predicted octanol–water partition coefficient (Wildman–Crippen LogP) is 2.88. The SMILES string of the molecule is C=CCc1cc(Cl)cc(C=O)c1. The van der Waals surface area contributed by atoms with Crippen molar-refractivity contribution in [3.63, 3.8) is 0 Å². The first-order valence-electron chi connectivity index (χ1n) is 3.62. The first kappa shape index (κ1) is 9.01. The monoisotopic (exact) mass is 180 g/mol. The number of aldehydes is 1. The van der Waals surface area contributed by atoms with Crippen LogP contribution in [0.2, 0.25) is 5.02 Å². The lowest BCUT2D eigenvalue weighted by Gasteiger charge is -1.98. The van der Waals surface area contributed by atoms with Crippen LogP contribution in [0.1, 0.15) is 15.9 Å². The first-order valence-corrected chi connectivity index (χ1v) is 3.99. The van der Waals surface area contributed by atoms with Crippen molar-refractivity contribution in [3.8, 4) is 0 Å². The van der Waals surface area contributed by atoms with Crippen LogP contribution < -0.4 is 0 Å². The van der Waals surface area contributed by atoms with Gasteiger partial charge in [0, 0.05) is 10.6 Å². The summed E-state index contributed by atoms with van der Waals surface area (Å²) in [5, 5.41) is 0.594. The van der Waals surface area contributed by atoms with Crippen molar-refractivity contribution in [2.45, 2.75) is 6.42 Å². The molecular weight excluding hydrogens is 172 g/mol. The molecule has 62 valence electrons. The molecule has 0 atom stereocenters. The molecule has 1 aromatic rings. The topological polar surface area (TPSA) is 17.1 Å². The van der Waals surface area contributed by atoms with Crippen molar-refractivity contribution in [1.29, 1.82) is 0 Å². The Morgan fingerprint density at radius 3 is 2.75 bits per heavy atom. The van der Waals surface area contributed by atoms with E-state index in [2.05, 4.69) is 6.58 Å². The zero-order valence-electron chi connectivity index (χ0n) is 6.59. The van der Waals surface area contributed by atoms with Crippen molar-refractivity contribution >= 4 is 17.9 Å². The Hall–Kier alpha value is -1.08. The summed E-state index contributed by atoms with van der Waals surface area (Å²) in [7, 11) is 0. The van der Waals surface area contributed by atoms with E-state index < -0.39 is 0 Å². The standard InChI is InChI=1S/C10H9ClO/c1-2-3-8-4-9(7-12)6-10(11)5-8/h2,4-7H,1,3H2. The Morgan fingerprint density at radius 2 is 2.17 bits per heavy atom. The highest BCUT2D eigenvalue weighted by molar-refractivity contribution is 6.30. The molecule has 0 heterocycles. The third-order valence-electron chi connectivity index (χ3n) is 1.50. The lowest BCUT2D eigenvalue weighted by molar-refractivity contribution is 0.112. The van der Waals surface area contributed by atoms with Crippen LogP contribution in [-0.2, 0) is 6.42 Å². The Morgan fingerprint density at radius 1 is 1.42 bits per heavy atom. The van der Waals surface area contributed by atoms with Gasteiger partial charge in [0.15, 0.2) is 0 Å². The van der Waals surface area contributed by atoms with Gasteiger partial charge in [0.05, 0.1) is 0 Å². The van der Waals surface area contributed by atoms with Crippen molar-refractivity contribution in [1.82, 2.24) is 0 Å². The molecule has 0 saturated carbocycles. The highest BCUT2D eigenvalue weighted by atomic mass is 35.5. The van der Waals surface area contributed by atoms with E-state index in [0.717, 1.165) is 18.3 Å².